The maximum absolute atomic E-state index is 5.73. The van der Waals surface area contributed by atoms with Crippen molar-refractivity contribution >= 4 is 0 Å². The standard InChI is InChI=1S/C19H37N2O/c1-3-5-7-9-10-12-14-20-15-16-21(18-20)19-22-17-13-11-8-6-4-2/h15-16,18H,3-14,17,19H2,1-2H3/q+1. The molecule has 0 amide bonds. The van der Waals surface area contributed by atoms with Crippen LogP contribution in [-0.4, -0.2) is 11.2 Å². The van der Waals surface area contributed by atoms with E-state index in [2.05, 4.69) is 41.7 Å². The van der Waals surface area contributed by atoms with Gasteiger partial charge < -0.3 is 4.74 Å². The molecule has 0 aliphatic heterocycles. The third-order valence-electron chi connectivity index (χ3n) is 4.15. The van der Waals surface area contributed by atoms with Crippen molar-refractivity contribution in [2.75, 3.05) is 6.61 Å². The number of hydrogen-bond acceptors (Lipinski definition) is 1. The quantitative estimate of drug-likeness (QED) is 0.326. The Morgan fingerprint density at radius 1 is 0.818 bits per heavy atom. The summed E-state index contributed by atoms with van der Waals surface area (Å²) in [5.41, 5.74) is 0. The van der Waals surface area contributed by atoms with Gasteiger partial charge in [-0.1, -0.05) is 65.2 Å². The van der Waals surface area contributed by atoms with E-state index in [1.807, 2.05) is 0 Å². The second-order valence-electron chi connectivity index (χ2n) is 6.38. The number of rotatable bonds is 15. The van der Waals surface area contributed by atoms with Crippen molar-refractivity contribution in [1.29, 1.82) is 0 Å². The van der Waals surface area contributed by atoms with Gasteiger partial charge in [-0.25, -0.2) is 9.13 Å². The molecule has 0 aromatic carbocycles. The van der Waals surface area contributed by atoms with Crippen molar-refractivity contribution in [2.24, 2.45) is 0 Å². The van der Waals surface area contributed by atoms with Gasteiger partial charge >= 0.3 is 0 Å². The van der Waals surface area contributed by atoms with Gasteiger partial charge in [0.1, 0.15) is 12.4 Å². The second kappa shape index (κ2) is 13.8. The van der Waals surface area contributed by atoms with Crippen LogP contribution in [0.5, 0.6) is 0 Å². The first-order chi connectivity index (χ1) is 10.9. The average molecular weight is 310 g/mol. The molecule has 128 valence electrons. The fraction of sp³-hybridized carbons (Fsp3) is 0.842. The Balaban J connectivity index is 1.99. The molecular formula is C19H37N2O+. The molecule has 0 fully saturated rings. The largest absolute Gasteiger partial charge is 0.342 e. The highest BCUT2D eigenvalue weighted by atomic mass is 16.5. The number of imidazole rings is 1. The molecule has 0 radical (unpaired) electrons. The Kier molecular flexibility index (Phi) is 12.1. The topological polar surface area (TPSA) is 18.0 Å². The molecule has 0 N–H and O–H groups in total. The summed E-state index contributed by atoms with van der Waals surface area (Å²) in [5, 5.41) is 0. The van der Waals surface area contributed by atoms with Crippen molar-refractivity contribution in [3.63, 3.8) is 0 Å². The predicted octanol–water partition coefficient (Wildman–Crippen LogP) is 5.08. The molecule has 0 bridgehead atoms. The van der Waals surface area contributed by atoms with Crippen molar-refractivity contribution in [3.8, 4) is 0 Å². The monoisotopic (exact) mass is 309 g/mol. The summed E-state index contributed by atoms with van der Waals surface area (Å²) in [5.74, 6) is 0. The summed E-state index contributed by atoms with van der Waals surface area (Å²) in [6.07, 6.45) is 21.1. The maximum atomic E-state index is 5.73. The highest BCUT2D eigenvalue weighted by Gasteiger charge is 2.03. The summed E-state index contributed by atoms with van der Waals surface area (Å²) in [7, 11) is 0. The smallest absolute Gasteiger partial charge is 0.245 e. The van der Waals surface area contributed by atoms with Gasteiger partial charge in [0.2, 0.25) is 6.33 Å². The number of unbranched alkanes of at least 4 members (excludes halogenated alkanes) is 9. The van der Waals surface area contributed by atoms with E-state index in [1.54, 1.807) is 0 Å². The van der Waals surface area contributed by atoms with Crippen LogP contribution in [0.2, 0.25) is 0 Å². The normalized spacial score (nSPS) is 11.2. The summed E-state index contributed by atoms with van der Waals surface area (Å²) in [4.78, 5) is 0. The van der Waals surface area contributed by atoms with Crippen LogP contribution in [0.4, 0.5) is 0 Å². The zero-order valence-corrected chi connectivity index (χ0v) is 14.9. The van der Waals surface area contributed by atoms with Gasteiger partial charge in [-0.2, -0.15) is 0 Å². The van der Waals surface area contributed by atoms with Crippen molar-refractivity contribution in [1.82, 2.24) is 4.57 Å². The van der Waals surface area contributed by atoms with E-state index in [0.717, 1.165) is 13.2 Å². The minimum atomic E-state index is 0.692. The molecule has 1 heterocycles. The second-order valence-corrected chi connectivity index (χ2v) is 6.38. The Morgan fingerprint density at radius 3 is 2.18 bits per heavy atom. The summed E-state index contributed by atoms with van der Waals surface area (Å²) in [6, 6.07) is 0. The fourth-order valence-electron chi connectivity index (χ4n) is 2.70. The number of ether oxygens (including phenoxy) is 1. The molecule has 0 unspecified atom stereocenters. The molecule has 1 aromatic heterocycles. The van der Waals surface area contributed by atoms with E-state index < -0.39 is 0 Å². The summed E-state index contributed by atoms with van der Waals surface area (Å²) in [6.45, 7) is 7.24. The number of aromatic nitrogens is 2. The lowest BCUT2D eigenvalue weighted by Gasteiger charge is -2.01. The SMILES string of the molecule is CCCCCCCCn1cc[n+](COCCCCCCC)c1. The number of hydrogen-bond donors (Lipinski definition) is 0. The van der Waals surface area contributed by atoms with E-state index >= 15 is 0 Å². The first-order valence-electron chi connectivity index (χ1n) is 9.49. The fourth-order valence-corrected chi connectivity index (χ4v) is 2.70. The summed E-state index contributed by atoms with van der Waals surface area (Å²) >= 11 is 0. The molecule has 1 rings (SSSR count). The molecule has 3 heteroatoms. The highest BCUT2D eigenvalue weighted by Crippen LogP contribution is 2.06. The molecule has 0 saturated carbocycles. The minimum absolute atomic E-state index is 0.692. The van der Waals surface area contributed by atoms with Gasteiger partial charge in [0.25, 0.3) is 0 Å². The maximum Gasteiger partial charge on any atom is 0.245 e. The lowest BCUT2D eigenvalue weighted by atomic mass is 10.1. The molecule has 0 saturated heterocycles. The molecule has 1 aromatic rings. The highest BCUT2D eigenvalue weighted by molar-refractivity contribution is 4.65. The minimum Gasteiger partial charge on any atom is -0.342 e. The van der Waals surface area contributed by atoms with E-state index in [-0.39, 0.29) is 0 Å². The molecule has 0 aliphatic carbocycles. The Labute approximate surface area is 137 Å². The van der Waals surface area contributed by atoms with Gasteiger partial charge in [-0.3, -0.25) is 0 Å². The third-order valence-corrected chi connectivity index (χ3v) is 4.15. The van der Waals surface area contributed by atoms with Crippen LogP contribution in [0.15, 0.2) is 18.7 Å². The predicted molar refractivity (Wildman–Crippen MR) is 92.7 cm³/mol. The Hall–Kier alpha value is -0.830. The first-order valence-corrected chi connectivity index (χ1v) is 9.49. The van der Waals surface area contributed by atoms with Gasteiger partial charge in [-0.05, 0) is 19.3 Å². The average Bonchev–Trinajstić information content (AvgIpc) is 2.98. The lowest BCUT2D eigenvalue weighted by Crippen LogP contribution is -2.32. The van der Waals surface area contributed by atoms with Crippen LogP contribution in [0, 0.1) is 0 Å². The van der Waals surface area contributed by atoms with E-state index in [9.17, 15) is 0 Å². The molecule has 0 aliphatic rings. The Morgan fingerprint density at radius 2 is 1.45 bits per heavy atom. The molecule has 0 spiro atoms. The Bertz CT molecular complexity index is 349. The molecule has 0 atom stereocenters. The van der Waals surface area contributed by atoms with Crippen LogP contribution in [0.25, 0.3) is 0 Å². The van der Waals surface area contributed by atoms with E-state index in [0.29, 0.717) is 6.73 Å². The van der Waals surface area contributed by atoms with Crippen molar-refractivity contribution in [2.45, 2.75) is 97.8 Å². The lowest BCUT2D eigenvalue weighted by molar-refractivity contribution is -0.732. The molecule has 22 heavy (non-hydrogen) atoms. The van der Waals surface area contributed by atoms with E-state index in [1.165, 1.54) is 70.6 Å². The van der Waals surface area contributed by atoms with Crippen LogP contribution in [-0.2, 0) is 18.0 Å². The van der Waals surface area contributed by atoms with E-state index in [4.69, 9.17) is 4.74 Å². The number of nitrogens with zero attached hydrogens (tertiary/aromatic N) is 2. The molecule has 3 nitrogen and oxygen atoms in total. The van der Waals surface area contributed by atoms with Crippen LogP contribution < -0.4 is 4.57 Å². The van der Waals surface area contributed by atoms with Gasteiger partial charge in [0.15, 0.2) is 6.73 Å². The van der Waals surface area contributed by atoms with Crippen molar-refractivity contribution < 1.29 is 9.30 Å². The molecular weight excluding hydrogens is 272 g/mol. The zero-order chi connectivity index (χ0) is 15.9. The van der Waals surface area contributed by atoms with Gasteiger partial charge in [-0.15, -0.1) is 0 Å². The van der Waals surface area contributed by atoms with Crippen molar-refractivity contribution in [3.05, 3.63) is 18.7 Å². The van der Waals surface area contributed by atoms with Crippen LogP contribution >= 0.6 is 0 Å². The summed E-state index contributed by atoms with van der Waals surface area (Å²) < 4.78 is 10.2. The van der Waals surface area contributed by atoms with Gasteiger partial charge in [0, 0.05) is 0 Å². The van der Waals surface area contributed by atoms with Crippen LogP contribution in [0.1, 0.15) is 84.5 Å². The first kappa shape index (κ1) is 19.2. The van der Waals surface area contributed by atoms with Crippen LogP contribution in [0.3, 0.4) is 0 Å². The number of aryl methyl sites for hydroxylation is 1. The zero-order valence-electron chi connectivity index (χ0n) is 14.9. The van der Waals surface area contributed by atoms with Gasteiger partial charge in [0.05, 0.1) is 13.2 Å². The third kappa shape index (κ3) is 9.99.